The van der Waals surface area contributed by atoms with Gasteiger partial charge in [0.1, 0.15) is 24.0 Å². The number of halogens is 1. The van der Waals surface area contributed by atoms with Gasteiger partial charge in [-0.05, 0) is 48.1 Å². The van der Waals surface area contributed by atoms with Crippen LogP contribution in [0.4, 0.5) is 10.1 Å². The van der Waals surface area contributed by atoms with Crippen LogP contribution in [0, 0.1) is 12.7 Å². The minimum absolute atomic E-state index is 0.0302. The average molecular weight is 466 g/mol. The lowest BCUT2D eigenvalue weighted by molar-refractivity contribution is -0.660. The topological polar surface area (TPSA) is 20.3 Å². The fraction of sp³-hybridized carbons (Fsp3) is 0.258. The van der Waals surface area contributed by atoms with E-state index in [0.29, 0.717) is 11.1 Å². The summed E-state index contributed by atoms with van der Waals surface area (Å²) >= 11 is 0. The van der Waals surface area contributed by atoms with Crippen LogP contribution in [0.2, 0.25) is 0 Å². The zero-order chi connectivity index (χ0) is 24.5. The van der Waals surface area contributed by atoms with Crippen molar-refractivity contribution in [3.05, 3.63) is 83.8 Å². The summed E-state index contributed by atoms with van der Waals surface area (Å²) in [4.78, 5) is 2.26. The molecule has 0 unspecified atom stereocenters. The van der Waals surface area contributed by atoms with Gasteiger partial charge in [0.05, 0.1) is 11.1 Å². The first-order valence-electron chi connectivity index (χ1n) is 12.2. The standard InChI is InChI=1S/C31H30FN2O/c1-19-12-13-20-21-14-15-24(32)27(22-9-8-10-23-28(22)34(5)18-16-31(23,2)3)30(21)35-29(20)26(19)25-11-6-7-17-33(25)4/h6-15,17H,16,18H2,1-5H3/q+1. The maximum Gasteiger partial charge on any atom is 0.216 e. The normalized spacial score (nSPS) is 15.1. The van der Waals surface area contributed by atoms with Gasteiger partial charge in [-0.15, -0.1) is 0 Å². The number of aryl methyl sites for hydroxylation is 2. The van der Waals surface area contributed by atoms with Crippen LogP contribution < -0.4 is 9.47 Å². The predicted molar refractivity (Wildman–Crippen MR) is 141 cm³/mol. The highest BCUT2D eigenvalue weighted by atomic mass is 19.1. The van der Waals surface area contributed by atoms with Crippen LogP contribution in [0.5, 0.6) is 0 Å². The molecule has 0 radical (unpaired) electrons. The van der Waals surface area contributed by atoms with Crippen LogP contribution in [-0.4, -0.2) is 13.6 Å². The van der Waals surface area contributed by atoms with Crippen molar-refractivity contribution in [3.8, 4) is 22.4 Å². The minimum Gasteiger partial charge on any atom is -0.454 e. The van der Waals surface area contributed by atoms with Gasteiger partial charge in [-0.1, -0.05) is 44.2 Å². The van der Waals surface area contributed by atoms with E-state index in [-0.39, 0.29) is 11.2 Å². The third-order valence-electron chi connectivity index (χ3n) is 7.77. The van der Waals surface area contributed by atoms with Gasteiger partial charge in [-0.25, -0.2) is 8.96 Å². The molecule has 0 aliphatic carbocycles. The van der Waals surface area contributed by atoms with Gasteiger partial charge >= 0.3 is 0 Å². The molecule has 0 spiro atoms. The largest absolute Gasteiger partial charge is 0.454 e. The molecule has 0 saturated heterocycles. The zero-order valence-corrected chi connectivity index (χ0v) is 20.9. The Morgan fingerprint density at radius 1 is 0.914 bits per heavy atom. The highest BCUT2D eigenvalue weighted by Crippen LogP contribution is 2.48. The Labute approximate surface area is 205 Å². The molecule has 0 fully saturated rings. The van der Waals surface area contributed by atoms with Crippen LogP contribution >= 0.6 is 0 Å². The number of rotatable bonds is 2. The van der Waals surface area contributed by atoms with Gasteiger partial charge in [0.15, 0.2) is 6.20 Å². The first kappa shape index (κ1) is 21.8. The lowest BCUT2D eigenvalue weighted by Gasteiger charge is -2.39. The summed E-state index contributed by atoms with van der Waals surface area (Å²) < 4.78 is 24.5. The van der Waals surface area contributed by atoms with Gasteiger partial charge in [0.2, 0.25) is 5.69 Å². The van der Waals surface area contributed by atoms with Crippen LogP contribution in [0.3, 0.4) is 0 Å². The van der Waals surface area contributed by atoms with E-state index in [1.165, 1.54) is 5.56 Å². The molecule has 35 heavy (non-hydrogen) atoms. The average Bonchev–Trinajstić information content (AvgIpc) is 3.20. The Morgan fingerprint density at radius 3 is 2.43 bits per heavy atom. The highest BCUT2D eigenvalue weighted by molar-refractivity contribution is 6.14. The number of fused-ring (bicyclic) bond motifs is 4. The van der Waals surface area contributed by atoms with E-state index in [2.05, 4.69) is 67.6 Å². The van der Waals surface area contributed by atoms with Gasteiger partial charge in [0.25, 0.3) is 0 Å². The molecule has 6 rings (SSSR count). The van der Waals surface area contributed by atoms with Crippen molar-refractivity contribution >= 4 is 27.6 Å². The summed E-state index contributed by atoms with van der Waals surface area (Å²) in [6.07, 6.45) is 3.10. The van der Waals surface area contributed by atoms with Crippen molar-refractivity contribution in [1.29, 1.82) is 0 Å². The number of pyridine rings is 1. The van der Waals surface area contributed by atoms with E-state index in [0.717, 1.165) is 57.4 Å². The third-order valence-corrected chi connectivity index (χ3v) is 7.77. The smallest absolute Gasteiger partial charge is 0.216 e. The number of aromatic nitrogens is 1. The Morgan fingerprint density at radius 2 is 1.66 bits per heavy atom. The molecule has 0 N–H and O–H groups in total. The Hall–Kier alpha value is -3.66. The summed E-state index contributed by atoms with van der Waals surface area (Å²) in [6, 6.07) is 20.1. The van der Waals surface area contributed by atoms with Crippen molar-refractivity contribution in [2.45, 2.75) is 32.6 Å². The van der Waals surface area contributed by atoms with Crippen molar-refractivity contribution in [2.24, 2.45) is 7.05 Å². The first-order chi connectivity index (χ1) is 16.8. The molecule has 4 heteroatoms. The van der Waals surface area contributed by atoms with Crippen molar-refractivity contribution < 1.29 is 13.4 Å². The maximum atomic E-state index is 15.7. The van der Waals surface area contributed by atoms with Crippen molar-refractivity contribution in [2.75, 3.05) is 18.5 Å². The van der Waals surface area contributed by atoms with Gasteiger partial charge in [-0.2, -0.15) is 0 Å². The molecular formula is C31H30FN2O+. The Balaban J connectivity index is 1.71. The number of anilines is 1. The SMILES string of the molecule is Cc1ccc2c(oc3c(-c4cccc5c4N(C)CCC5(C)C)c(F)ccc32)c1-c1cccc[n+]1C. The maximum absolute atomic E-state index is 15.7. The molecule has 0 saturated carbocycles. The second-order valence-electron chi connectivity index (χ2n) is 10.5. The number of benzene rings is 3. The molecule has 0 amide bonds. The van der Waals surface area contributed by atoms with Crippen LogP contribution in [0.1, 0.15) is 31.4 Å². The molecule has 176 valence electrons. The quantitative estimate of drug-likeness (QED) is 0.255. The number of furan rings is 1. The molecule has 5 aromatic rings. The summed E-state index contributed by atoms with van der Waals surface area (Å²) in [6.45, 7) is 7.58. The minimum atomic E-state index is -0.259. The summed E-state index contributed by atoms with van der Waals surface area (Å²) in [7, 11) is 4.14. The van der Waals surface area contributed by atoms with E-state index in [4.69, 9.17) is 4.42 Å². The Bertz CT molecular complexity index is 1630. The molecule has 1 aliphatic heterocycles. The second-order valence-corrected chi connectivity index (χ2v) is 10.5. The molecule has 1 aliphatic rings. The fourth-order valence-electron chi connectivity index (χ4n) is 5.73. The van der Waals surface area contributed by atoms with Gasteiger partial charge in [-0.3, -0.25) is 0 Å². The second kappa shape index (κ2) is 7.67. The van der Waals surface area contributed by atoms with Crippen LogP contribution in [0.25, 0.3) is 44.3 Å². The van der Waals surface area contributed by atoms with E-state index in [1.54, 1.807) is 6.07 Å². The molecular weight excluding hydrogens is 435 g/mol. The zero-order valence-electron chi connectivity index (χ0n) is 20.9. The molecule has 2 aromatic heterocycles. The molecule has 3 aromatic carbocycles. The molecule has 3 nitrogen and oxygen atoms in total. The number of hydrogen-bond acceptors (Lipinski definition) is 2. The van der Waals surface area contributed by atoms with Gasteiger partial charge < -0.3 is 9.32 Å². The highest BCUT2D eigenvalue weighted by Gasteiger charge is 2.33. The van der Waals surface area contributed by atoms with Crippen molar-refractivity contribution in [3.63, 3.8) is 0 Å². The van der Waals surface area contributed by atoms with E-state index < -0.39 is 0 Å². The molecule has 0 bridgehead atoms. The first-order valence-corrected chi connectivity index (χ1v) is 12.2. The predicted octanol–water partition coefficient (Wildman–Crippen LogP) is 7.31. The Kier molecular flexibility index (Phi) is 4.79. The molecule has 3 heterocycles. The summed E-state index contributed by atoms with van der Waals surface area (Å²) in [5.74, 6) is -0.259. The van der Waals surface area contributed by atoms with E-state index >= 15 is 4.39 Å². The number of nitrogens with zero attached hydrogens (tertiary/aromatic N) is 2. The monoisotopic (exact) mass is 465 g/mol. The fourth-order valence-corrected chi connectivity index (χ4v) is 5.73. The number of hydrogen-bond donors (Lipinski definition) is 0. The van der Waals surface area contributed by atoms with E-state index in [9.17, 15) is 0 Å². The summed E-state index contributed by atoms with van der Waals surface area (Å²) in [5.41, 5.74) is 8.45. The van der Waals surface area contributed by atoms with Crippen molar-refractivity contribution in [1.82, 2.24) is 0 Å². The van der Waals surface area contributed by atoms with Crippen LogP contribution in [0.15, 0.2) is 71.3 Å². The third kappa shape index (κ3) is 3.19. The van der Waals surface area contributed by atoms with E-state index in [1.807, 2.05) is 37.5 Å². The van der Waals surface area contributed by atoms with Gasteiger partial charge in [0, 0.05) is 47.7 Å². The molecule has 0 atom stereocenters. The lowest BCUT2D eigenvalue weighted by Crippen LogP contribution is -2.35. The van der Waals surface area contributed by atoms with Crippen LogP contribution in [-0.2, 0) is 12.5 Å². The lowest BCUT2D eigenvalue weighted by atomic mass is 9.76. The number of para-hydroxylation sites is 1. The summed E-state index contributed by atoms with van der Waals surface area (Å²) in [5, 5.41) is 1.94.